The first-order chi connectivity index (χ1) is 16.9. The molecule has 38 heavy (non-hydrogen) atoms. The number of aliphatic hydroxyl groups is 2. The summed E-state index contributed by atoms with van der Waals surface area (Å²) in [6, 6.07) is 7.46. The van der Waals surface area contributed by atoms with E-state index in [-0.39, 0.29) is 46.0 Å². The average molecular weight is 527 g/mol. The molecule has 0 aliphatic carbocycles. The van der Waals surface area contributed by atoms with Crippen molar-refractivity contribution in [2.24, 2.45) is 0 Å². The standard InChI is InChI=1S/C34H54O4/c1-15-33(37,21-17-23(29(3,4)5)27(35)24(18-21)30(6,7)8)34(38,16-2)22-19-25(31(9,10)11)28(36)26(20-22)32(12,13)14/h17-20,35-38H,15-16H2,1-14H3/t33-,34-/m0/s1. The maximum atomic E-state index is 12.6. The lowest BCUT2D eigenvalue weighted by Crippen LogP contribution is -2.49. The third-order valence-electron chi connectivity index (χ3n) is 8.11. The second-order valence-electron chi connectivity index (χ2n) is 15.3. The van der Waals surface area contributed by atoms with Crippen molar-refractivity contribution in [2.45, 2.75) is 143 Å². The van der Waals surface area contributed by atoms with Crippen LogP contribution in [0.15, 0.2) is 24.3 Å². The summed E-state index contributed by atoms with van der Waals surface area (Å²) in [5.74, 6) is 0.476. The van der Waals surface area contributed by atoms with Gasteiger partial charge in [-0.3, -0.25) is 0 Å². The minimum absolute atomic E-state index is 0.238. The SMILES string of the molecule is CC[C@](O)(c1cc(C(C)(C)C)c(O)c(C(C)(C)C)c1)[C@](O)(CC)c1cc(C(C)(C)C)c(O)c(C(C)(C)C)c1. The van der Waals surface area contributed by atoms with Crippen LogP contribution in [0.25, 0.3) is 0 Å². The lowest BCUT2D eigenvalue weighted by molar-refractivity contribution is -0.169. The number of aromatic hydroxyl groups is 2. The Morgan fingerprint density at radius 1 is 0.447 bits per heavy atom. The molecule has 0 bridgehead atoms. The van der Waals surface area contributed by atoms with Crippen molar-refractivity contribution >= 4 is 0 Å². The van der Waals surface area contributed by atoms with Crippen LogP contribution in [0.5, 0.6) is 11.5 Å². The molecule has 0 aromatic heterocycles. The van der Waals surface area contributed by atoms with Crippen LogP contribution in [0.4, 0.5) is 0 Å². The van der Waals surface area contributed by atoms with Gasteiger partial charge in [0.1, 0.15) is 22.7 Å². The number of benzene rings is 2. The summed E-state index contributed by atoms with van der Waals surface area (Å²) in [5.41, 5.74) is -0.709. The van der Waals surface area contributed by atoms with E-state index in [4.69, 9.17) is 0 Å². The molecule has 0 saturated heterocycles. The van der Waals surface area contributed by atoms with Gasteiger partial charge in [-0.1, -0.05) is 96.9 Å². The lowest BCUT2D eigenvalue weighted by atomic mass is 9.66. The van der Waals surface area contributed by atoms with Crippen LogP contribution >= 0.6 is 0 Å². The fourth-order valence-corrected chi connectivity index (χ4v) is 5.50. The number of rotatable bonds is 5. The van der Waals surface area contributed by atoms with Crippen molar-refractivity contribution in [3.05, 3.63) is 57.6 Å². The quantitative estimate of drug-likeness (QED) is 0.317. The second-order valence-corrected chi connectivity index (χ2v) is 15.3. The van der Waals surface area contributed by atoms with Crippen molar-refractivity contribution in [3.8, 4) is 11.5 Å². The van der Waals surface area contributed by atoms with E-state index in [1.165, 1.54) is 0 Å². The van der Waals surface area contributed by atoms with Crippen molar-refractivity contribution in [1.82, 2.24) is 0 Å². The Labute approximate surface area is 232 Å². The van der Waals surface area contributed by atoms with E-state index >= 15 is 0 Å². The topological polar surface area (TPSA) is 80.9 Å². The molecule has 0 aliphatic heterocycles. The molecule has 2 aromatic carbocycles. The Bertz CT molecular complexity index is 1000. The Balaban J connectivity index is 3.07. The van der Waals surface area contributed by atoms with Gasteiger partial charge in [-0.2, -0.15) is 0 Å². The Morgan fingerprint density at radius 2 is 0.632 bits per heavy atom. The summed E-state index contributed by atoms with van der Waals surface area (Å²) < 4.78 is 0. The summed E-state index contributed by atoms with van der Waals surface area (Å²) in [7, 11) is 0. The van der Waals surface area contributed by atoms with Crippen molar-refractivity contribution in [1.29, 1.82) is 0 Å². The summed E-state index contributed by atoms with van der Waals surface area (Å²) >= 11 is 0. The highest BCUT2D eigenvalue weighted by Crippen LogP contribution is 2.51. The molecule has 0 radical (unpaired) electrons. The molecule has 0 fully saturated rings. The molecule has 214 valence electrons. The molecule has 0 aliphatic rings. The van der Waals surface area contributed by atoms with E-state index in [0.717, 1.165) is 22.3 Å². The minimum atomic E-state index is -1.66. The van der Waals surface area contributed by atoms with E-state index in [1.54, 1.807) is 0 Å². The van der Waals surface area contributed by atoms with Gasteiger partial charge in [-0.25, -0.2) is 0 Å². The number of hydrogen-bond donors (Lipinski definition) is 4. The molecule has 0 heterocycles. The molecule has 0 saturated carbocycles. The molecule has 0 amide bonds. The third kappa shape index (κ3) is 5.63. The third-order valence-corrected chi connectivity index (χ3v) is 8.11. The van der Waals surface area contributed by atoms with Gasteiger partial charge in [0.05, 0.1) is 0 Å². The zero-order chi connectivity index (χ0) is 29.9. The maximum Gasteiger partial charge on any atom is 0.123 e. The average Bonchev–Trinajstić information content (AvgIpc) is 2.74. The first kappa shape index (κ1) is 32.2. The van der Waals surface area contributed by atoms with E-state index in [9.17, 15) is 20.4 Å². The van der Waals surface area contributed by atoms with Gasteiger partial charge in [0.2, 0.25) is 0 Å². The normalized spacial score (nSPS) is 16.7. The van der Waals surface area contributed by atoms with Crippen LogP contribution in [0.1, 0.15) is 143 Å². The molecule has 4 heteroatoms. The second kappa shape index (κ2) is 9.86. The van der Waals surface area contributed by atoms with Gasteiger partial charge < -0.3 is 20.4 Å². The Morgan fingerprint density at radius 3 is 0.763 bits per heavy atom. The molecule has 0 unspecified atom stereocenters. The first-order valence-corrected chi connectivity index (χ1v) is 14.1. The van der Waals surface area contributed by atoms with E-state index < -0.39 is 11.2 Å². The smallest absolute Gasteiger partial charge is 0.123 e. The van der Waals surface area contributed by atoms with Gasteiger partial charge in [0.25, 0.3) is 0 Å². The van der Waals surface area contributed by atoms with Crippen LogP contribution in [-0.4, -0.2) is 20.4 Å². The molecule has 2 atom stereocenters. The zero-order valence-corrected chi connectivity index (χ0v) is 26.5. The molecule has 4 nitrogen and oxygen atoms in total. The summed E-state index contributed by atoms with van der Waals surface area (Å²) in [5, 5.41) is 47.8. The van der Waals surface area contributed by atoms with Gasteiger partial charge in [0, 0.05) is 0 Å². The van der Waals surface area contributed by atoms with Gasteiger partial charge >= 0.3 is 0 Å². The largest absolute Gasteiger partial charge is 0.507 e. The molecular formula is C34H54O4. The molecule has 2 rings (SSSR count). The van der Waals surface area contributed by atoms with E-state index in [1.807, 2.05) is 121 Å². The Kier molecular flexibility index (Phi) is 8.34. The highest BCUT2D eigenvalue weighted by Gasteiger charge is 2.51. The monoisotopic (exact) mass is 526 g/mol. The predicted octanol–water partition coefficient (Wildman–Crippen LogP) is 8.18. The summed E-state index contributed by atoms with van der Waals surface area (Å²) in [6.45, 7) is 28.3. The van der Waals surface area contributed by atoms with Crippen LogP contribution in [0.3, 0.4) is 0 Å². The van der Waals surface area contributed by atoms with Crippen LogP contribution < -0.4 is 0 Å². The van der Waals surface area contributed by atoms with Crippen LogP contribution in [0, 0.1) is 0 Å². The predicted molar refractivity (Wildman–Crippen MR) is 159 cm³/mol. The van der Waals surface area contributed by atoms with Gasteiger partial charge in [-0.05, 0) is 92.1 Å². The fraction of sp³-hybridized carbons (Fsp3) is 0.647. The van der Waals surface area contributed by atoms with Crippen molar-refractivity contribution < 1.29 is 20.4 Å². The van der Waals surface area contributed by atoms with Crippen molar-refractivity contribution in [3.63, 3.8) is 0 Å². The molecular weight excluding hydrogens is 472 g/mol. The van der Waals surface area contributed by atoms with Crippen LogP contribution in [0.2, 0.25) is 0 Å². The van der Waals surface area contributed by atoms with Gasteiger partial charge in [0.15, 0.2) is 0 Å². The summed E-state index contributed by atoms with van der Waals surface area (Å²) in [4.78, 5) is 0. The number of hydrogen-bond acceptors (Lipinski definition) is 4. The van der Waals surface area contributed by atoms with E-state index in [0.29, 0.717) is 11.1 Å². The summed E-state index contributed by atoms with van der Waals surface area (Å²) in [6.07, 6.45) is 0.512. The lowest BCUT2D eigenvalue weighted by Gasteiger charge is -2.45. The molecule has 4 N–H and O–H groups in total. The molecule has 2 aromatic rings. The van der Waals surface area contributed by atoms with E-state index in [2.05, 4.69) is 0 Å². The highest BCUT2D eigenvalue weighted by molar-refractivity contribution is 5.55. The van der Waals surface area contributed by atoms with Crippen LogP contribution in [-0.2, 0) is 32.9 Å². The Hall–Kier alpha value is -2.04. The fourth-order valence-electron chi connectivity index (χ4n) is 5.50. The van der Waals surface area contributed by atoms with Crippen molar-refractivity contribution in [2.75, 3.05) is 0 Å². The zero-order valence-electron chi connectivity index (χ0n) is 26.5. The van der Waals surface area contributed by atoms with Gasteiger partial charge in [-0.15, -0.1) is 0 Å². The molecule has 0 spiro atoms. The number of phenolic OH excluding ortho intramolecular Hbond substituents is 2. The maximum absolute atomic E-state index is 12.6. The number of phenols is 2. The first-order valence-electron chi connectivity index (χ1n) is 14.1. The highest BCUT2D eigenvalue weighted by atomic mass is 16.4. The minimum Gasteiger partial charge on any atom is -0.507 e.